The Kier molecular flexibility index (Phi) is 5.67. The first kappa shape index (κ1) is 18.6. The van der Waals surface area contributed by atoms with Gasteiger partial charge in [0.15, 0.2) is 0 Å². The summed E-state index contributed by atoms with van der Waals surface area (Å²) in [4.78, 5) is 5.27. The second-order valence-corrected chi connectivity index (χ2v) is 7.67. The summed E-state index contributed by atoms with van der Waals surface area (Å²) in [6.07, 6.45) is 1.33. The second kappa shape index (κ2) is 7.61. The zero-order chi connectivity index (χ0) is 16.7. The zero-order valence-corrected chi connectivity index (χ0v) is 17.2. The van der Waals surface area contributed by atoms with Crippen molar-refractivity contribution in [3.63, 3.8) is 0 Å². The lowest BCUT2D eigenvalue weighted by molar-refractivity contribution is 0.0883. The highest BCUT2D eigenvalue weighted by Gasteiger charge is 2.44. The molecule has 0 amide bonds. The molecule has 4 rings (SSSR count). The van der Waals surface area contributed by atoms with Crippen molar-refractivity contribution >= 4 is 17.0 Å². The molecule has 1 aliphatic carbocycles. The number of piperazine rings is 1. The number of halogens is 1. The van der Waals surface area contributed by atoms with Crippen LogP contribution in [0, 0.1) is 13.8 Å². The highest BCUT2D eigenvalue weighted by Crippen LogP contribution is 2.46. The smallest absolute Gasteiger partial charge is 0.0475 e. The van der Waals surface area contributed by atoms with Crippen LogP contribution in [0.4, 0.5) is 0 Å². The number of hydrogen-bond acceptors (Lipinski definition) is 2. The van der Waals surface area contributed by atoms with Crippen molar-refractivity contribution in [1.82, 2.24) is 9.80 Å². The molecule has 2 aromatic rings. The van der Waals surface area contributed by atoms with Gasteiger partial charge in [-0.1, -0.05) is 54.1 Å². The van der Waals surface area contributed by atoms with Crippen molar-refractivity contribution in [3.8, 4) is 0 Å². The SMILES string of the molecule is Br.Cc1ccc([C@H]2CN([C@H]3C[C@@H]3c3ccccc3)CCN2C)c(C)c1. The van der Waals surface area contributed by atoms with E-state index in [1.54, 1.807) is 0 Å². The van der Waals surface area contributed by atoms with Crippen molar-refractivity contribution < 1.29 is 0 Å². The largest absolute Gasteiger partial charge is 0.297 e. The van der Waals surface area contributed by atoms with Crippen LogP contribution >= 0.6 is 17.0 Å². The third kappa shape index (κ3) is 3.84. The molecular formula is C22H29BrN2. The van der Waals surface area contributed by atoms with Gasteiger partial charge >= 0.3 is 0 Å². The molecule has 1 heterocycles. The van der Waals surface area contributed by atoms with E-state index in [1.165, 1.54) is 35.2 Å². The molecule has 1 saturated heterocycles. The molecule has 1 saturated carbocycles. The lowest BCUT2D eigenvalue weighted by atomic mass is 9.96. The lowest BCUT2D eigenvalue weighted by Crippen LogP contribution is -2.47. The van der Waals surface area contributed by atoms with Crippen LogP contribution in [0.1, 0.15) is 40.6 Å². The van der Waals surface area contributed by atoms with Gasteiger partial charge in [0.1, 0.15) is 0 Å². The van der Waals surface area contributed by atoms with Crippen LogP contribution in [-0.2, 0) is 0 Å². The third-order valence-electron chi connectivity index (χ3n) is 5.92. The fraction of sp³-hybridized carbons (Fsp3) is 0.455. The number of aryl methyl sites for hydroxylation is 2. The normalized spacial score (nSPS) is 26.9. The van der Waals surface area contributed by atoms with Gasteiger partial charge in [-0.2, -0.15) is 0 Å². The molecule has 3 atom stereocenters. The standard InChI is InChI=1S/C22H28N2.BrH/c1-16-9-10-19(17(2)13-16)22-15-24(12-11-23(22)3)21-14-20(21)18-7-5-4-6-8-18;/h4-10,13,20-22H,11-12,14-15H2,1-3H3;1H/t20-,21+,22-;/m1./s1. The minimum atomic E-state index is 0. The zero-order valence-electron chi connectivity index (χ0n) is 15.5. The Morgan fingerprint density at radius 3 is 2.44 bits per heavy atom. The Morgan fingerprint density at radius 2 is 1.72 bits per heavy atom. The van der Waals surface area contributed by atoms with Crippen LogP contribution in [0.2, 0.25) is 0 Å². The van der Waals surface area contributed by atoms with E-state index < -0.39 is 0 Å². The summed E-state index contributed by atoms with van der Waals surface area (Å²) in [5, 5.41) is 0. The molecule has 134 valence electrons. The second-order valence-electron chi connectivity index (χ2n) is 7.67. The summed E-state index contributed by atoms with van der Waals surface area (Å²) in [6.45, 7) is 7.97. The summed E-state index contributed by atoms with van der Waals surface area (Å²) < 4.78 is 0. The number of likely N-dealkylation sites (N-methyl/N-ethyl adjacent to an activating group) is 1. The topological polar surface area (TPSA) is 6.48 Å². The van der Waals surface area contributed by atoms with Crippen molar-refractivity contribution in [2.45, 2.75) is 38.3 Å². The lowest BCUT2D eigenvalue weighted by Gasteiger charge is -2.40. The summed E-state index contributed by atoms with van der Waals surface area (Å²) >= 11 is 0. The molecule has 1 aliphatic heterocycles. The van der Waals surface area contributed by atoms with Crippen molar-refractivity contribution in [3.05, 3.63) is 70.8 Å². The first-order chi connectivity index (χ1) is 11.6. The van der Waals surface area contributed by atoms with Gasteiger partial charge in [0.2, 0.25) is 0 Å². The number of rotatable bonds is 3. The van der Waals surface area contributed by atoms with Gasteiger partial charge in [0.05, 0.1) is 0 Å². The highest BCUT2D eigenvalue weighted by molar-refractivity contribution is 8.93. The third-order valence-corrected chi connectivity index (χ3v) is 5.92. The molecule has 0 unspecified atom stereocenters. The van der Waals surface area contributed by atoms with Gasteiger partial charge in [-0.15, -0.1) is 17.0 Å². The summed E-state index contributed by atoms with van der Waals surface area (Å²) in [5.74, 6) is 0.745. The average Bonchev–Trinajstić information content (AvgIpc) is 3.37. The predicted molar refractivity (Wildman–Crippen MR) is 111 cm³/mol. The van der Waals surface area contributed by atoms with Gasteiger partial charge in [-0.05, 0) is 44.0 Å². The fourth-order valence-electron chi connectivity index (χ4n) is 4.37. The minimum absolute atomic E-state index is 0. The molecule has 2 aromatic carbocycles. The molecule has 2 fully saturated rings. The van der Waals surface area contributed by atoms with E-state index in [0.717, 1.165) is 25.0 Å². The van der Waals surface area contributed by atoms with Gasteiger partial charge in [-0.25, -0.2) is 0 Å². The van der Waals surface area contributed by atoms with E-state index in [0.29, 0.717) is 6.04 Å². The van der Waals surface area contributed by atoms with Gasteiger partial charge in [0, 0.05) is 37.6 Å². The summed E-state index contributed by atoms with van der Waals surface area (Å²) in [7, 11) is 2.28. The molecule has 2 aliphatic rings. The number of nitrogens with zero attached hydrogens (tertiary/aromatic N) is 2. The maximum absolute atomic E-state index is 2.74. The molecule has 3 heteroatoms. The summed E-state index contributed by atoms with van der Waals surface area (Å²) in [6, 6.07) is 19.3. The van der Waals surface area contributed by atoms with Crippen LogP contribution in [-0.4, -0.2) is 42.5 Å². The van der Waals surface area contributed by atoms with Crippen molar-refractivity contribution in [1.29, 1.82) is 0 Å². The van der Waals surface area contributed by atoms with Crippen LogP contribution < -0.4 is 0 Å². The molecule has 0 radical (unpaired) electrons. The van der Waals surface area contributed by atoms with Gasteiger partial charge < -0.3 is 0 Å². The Labute approximate surface area is 162 Å². The summed E-state index contributed by atoms with van der Waals surface area (Å²) in [5.41, 5.74) is 5.82. The maximum Gasteiger partial charge on any atom is 0.0475 e. The predicted octanol–water partition coefficient (Wildman–Crippen LogP) is 4.73. The molecule has 0 aromatic heterocycles. The minimum Gasteiger partial charge on any atom is -0.297 e. The fourth-order valence-corrected chi connectivity index (χ4v) is 4.37. The van der Waals surface area contributed by atoms with Crippen LogP contribution in [0.25, 0.3) is 0 Å². The van der Waals surface area contributed by atoms with Crippen molar-refractivity contribution in [2.75, 3.05) is 26.7 Å². The van der Waals surface area contributed by atoms with E-state index in [2.05, 4.69) is 79.2 Å². The Balaban J connectivity index is 0.00000182. The highest BCUT2D eigenvalue weighted by atomic mass is 79.9. The number of benzene rings is 2. The number of hydrogen-bond donors (Lipinski definition) is 0. The molecular weight excluding hydrogens is 372 g/mol. The van der Waals surface area contributed by atoms with Crippen LogP contribution in [0.5, 0.6) is 0 Å². The Bertz CT molecular complexity index is 715. The first-order valence-corrected chi connectivity index (χ1v) is 9.20. The quantitative estimate of drug-likeness (QED) is 0.734. The van der Waals surface area contributed by atoms with Crippen LogP contribution in [0.3, 0.4) is 0 Å². The van der Waals surface area contributed by atoms with Crippen LogP contribution in [0.15, 0.2) is 48.5 Å². The maximum atomic E-state index is 2.74. The average molecular weight is 401 g/mol. The van der Waals surface area contributed by atoms with E-state index in [-0.39, 0.29) is 17.0 Å². The van der Waals surface area contributed by atoms with E-state index >= 15 is 0 Å². The first-order valence-electron chi connectivity index (χ1n) is 9.20. The van der Waals surface area contributed by atoms with E-state index in [1.807, 2.05) is 0 Å². The monoisotopic (exact) mass is 400 g/mol. The van der Waals surface area contributed by atoms with Gasteiger partial charge in [-0.3, -0.25) is 9.80 Å². The van der Waals surface area contributed by atoms with E-state index in [4.69, 9.17) is 0 Å². The Morgan fingerprint density at radius 1 is 0.960 bits per heavy atom. The molecule has 0 bridgehead atoms. The van der Waals surface area contributed by atoms with Gasteiger partial charge in [0.25, 0.3) is 0 Å². The molecule has 2 nitrogen and oxygen atoms in total. The molecule has 25 heavy (non-hydrogen) atoms. The van der Waals surface area contributed by atoms with E-state index in [9.17, 15) is 0 Å². The molecule has 0 N–H and O–H groups in total. The molecule has 0 spiro atoms. The Hall–Kier alpha value is -1.16. The van der Waals surface area contributed by atoms with Crippen molar-refractivity contribution in [2.24, 2.45) is 0 Å².